The van der Waals surface area contributed by atoms with E-state index in [1.165, 1.54) is 0 Å². The van der Waals surface area contributed by atoms with Crippen molar-refractivity contribution < 1.29 is 17.9 Å². The van der Waals surface area contributed by atoms with Gasteiger partial charge in [0.2, 0.25) is 0 Å². The number of likely N-dealkylation sites (tertiary alicyclic amines) is 1. The van der Waals surface area contributed by atoms with Crippen LogP contribution in [-0.2, 0) is 4.74 Å². The van der Waals surface area contributed by atoms with Gasteiger partial charge >= 0.3 is 6.18 Å². The van der Waals surface area contributed by atoms with Crippen molar-refractivity contribution in [3.05, 3.63) is 0 Å². The van der Waals surface area contributed by atoms with E-state index in [1.807, 2.05) is 0 Å². The van der Waals surface area contributed by atoms with Crippen LogP contribution in [0.5, 0.6) is 0 Å². The monoisotopic (exact) mass is 296 g/mol. The van der Waals surface area contributed by atoms with E-state index < -0.39 is 12.8 Å². The lowest BCUT2D eigenvalue weighted by molar-refractivity contribution is -0.174. The van der Waals surface area contributed by atoms with Crippen molar-refractivity contribution in [3.63, 3.8) is 0 Å². The minimum absolute atomic E-state index is 0.156. The second-order valence-electron chi connectivity index (χ2n) is 5.49. The molecule has 3 nitrogen and oxygen atoms in total. The molecule has 1 aliphatic rings. The quantitative estimate of drug-likeness (QED) is 0.697. The standard InChI is InChI=1S/C14H27F3N2O/c1-3-6-18-13-5-7-19(10-12(13)4-2)8-9-20-11-14(15,16)17/h12-13,18H,3-11H2,1-2H3. The fourth-order valence-corrected chi connectivity index (χ4v) is 2.70. The van der Waals surface area contributed by atoms with Crippen LogP contribution in [0, 0.1) is 5.92 Å². The van der Waals surface area contributed by atoms with E-state index in [4.69, 9.17) is 0 Å². The Morgan fingerprint density at radius 1 is 1.30 bits per heavy atom. The predicted molar refractivity (Wildman–Crippen MR) is 73.8 cm³/mol. The molecule has 2 atom stereocenters. The van der Waals surface area contributed by atoms with Gasteiger partial charge in [0.15, 0.2) is 0 Å². The molecule has 6 heteroatoms. The maximum atomic E-state index is 12.0. The molecule has 1 N–H and O–H groups in total. The Labute approximate surface area is 119 Å². The molecule has 0 radical (unpaired) electrons. The number of alkyl halides is 3. The molecule has 0 aromatic carbocycles. The van der Waals surface area contributed by atoms with Crippen molar-refractivity contribution in [1.82, 2.24) is 10.2 Å². The van der Waals surface area contributed by atoms with E-state index in [0.29, 0.717) is 18.5 Å². The summed E-state index contributed by atoms with van der Waals surface area (Å²) in [6.45, 7) is 6.86. The lowest BCUT2D eigenvalue weighted by atomic mass is 9.90. The van der Waals surface area contributed by atoms with E-state index in [9.17, 15) is 13.2 Å². The Morgan fingerprint density at radius 2 is 2.05 bits per heavy atom. The number of hydrogen-bond donors (Lipinski definition) is 1. The fourth-order valence-electron chi connectivity index (χ4n) is 2.70. The van der Waals surface area contributed by atoms with Crippen LogP contribution >= 0.6 is 0 Å². The highest BCUT2D eigenvalue weighted by Gasteiger charge is 2.29. The number of nitrogens with one attached hydrogen (secondary N) is 1. The number of piperidine rings is 1. The molecule has 120 valence electrons. The average molecular weight is 296 g/mol. The summed E-state index contributed by atoms with van der Waals surface area (Å²) < 4.78 is 40.6. The molecule has 0 aliphatic carbocycles. The Hall–Kier alpha value is -0.330. The molecule has 1 fully saturated rings. The highest BCUT2D eigenvalue weighted by Crippen LogP contribution is 2.20. The van der Waals surface area contributed by atoms with Crippen LogP contribution in [0.2, 0.25) is 0 Å². The predicted octanol–water partition coefficient (Wildman–Crippen LogP) is 2.67. The molecule has 2 unspecified atom stereocenters. The molecule has 0 aromatic rings. The highest BCUT2D eigenvalue weighted by atomic mass is 19.4. The Morgan fingerprint density at radius 3 is 2.65 bits per heavy atom. The van der Waals surface area contributed by atoms with Crippen molar-refractivity contribution in [2.24, 2.45) is 5.92 Å². The summed E-state index contributed by atoms with van der Waals surface area (Å²) in [5.74, 6) is 0.581. The molecule has 0 bridgehead atoms. The molecular formula is C14H27F3N2O. The molecule has 1 heterocycles. The average Bonchev–Trinajstić information content (AvgIpc) is 2.40. The van der Waals surface area contributed by atoms with Crippen LogP contribution in [0.15, 0.2) is 0 Å². The van der Waals surface area contributed by atoms with Crippen LogP contribution < -0.4 is 5.32 Å². The zero-order valence-corrected chi connectivity index (χ0v) is 12.5. The Kier molecular flexibility index (Phi) is 7.84. The second-order valence-corrected chi connectivity index (χ2v) is 5.49. The van der Waals surface area contributed by atoms with Gasteiger partial charge in [-0.15, -0.1) is 0 Å². The zero-order valence-electron chi connectivity index (χ0n) is 12.5. The maximum absolute atomic E-state index is 12.0. The number of rotatable bonds is 8. The van der Waals surface area contributed by atoms with Crippen molar-refractivity contribution in [2.75, 3.05) is 39.4 Å². The molecule has 0 saturated carbocycles. The molecular weight excluding hydrogens is 269 g/mol. The number of hydrogen-bond acceptors (Lipinski definition) is 3. The normalized spacial score (nSPS) is 25.1. The van der Waals surface area contributed by atoms with E-state index in [0.717, 1.165) is 38.9 Å². The van der Waals surface area contributed by atoms with Gasteiger partial charge in [-0.1, -0.05) is 20.3 Å². The SMILES string of the molecule is CCCNC1CCN(CCOCC(F)(F)F)CC1CC. The second kappa shape index (κ2) is 8.85. The fraction of sp³-hybridized carbons (Fsp3) is 1.00. The third-order valence-electron chi connectivity index (χ3n) is 3.82. The zero-order chi connectivity index (χ0) is 15.0. The first-order valence-corrected chi connectivity index (χ1v) is 7.56. The summed E-state index contributed by atoms with van der Waals surface area (Å²) in [6.07, 6.45) is -0.927. The summed E-state index contributed by atoms with van der Waals surface area (Å²) >= 11 is 0. The number of nitrogens with zero attached hydrogens (tertiary/aromatic N) is 1. The smallest absolute Gasteiger partial charge is 0.371 e. The largest absolute Gasteiger partial charge is 0.411 e. The lowest BCUT2D eigenvalue weighted by Crippen LogP contribution is -2.50. The van der Waals surface area contributed by atoms with Crippen molar-refractivity contribution in [2.45, 2.75) is 45.3 Å². The van der Waals surface area contributed by atoms with Crippen LogP contribution in [-0.4, -0.2) is 56.5 Å². The third-order valence-corrected chi connectivity index (χ3v) is 3.82. The minimum atomic E-state index is -4.22. The van der Waals surface area contributed by atoms with Crippen molar-refractivity contribution in [1.29, 1.82) is 0 Å². The lowest BCUT2D eigenvalue weighted by Gasteiger charge is -2.38. The molecule has 0 spiro atoms. The summed E-state index contributed by atoms with van der Waals surface area (Å²) in [5.41, 5.74) is 0. The Balaban J connectivity index is 2.23. The minimum Gasteiger partial charge on any atom is -0.371 e. The molecule has 0 aromatic heterocycles. The number of halogens is 3. The van der Waals surface area contributed by atoms with Crippen molar-refractivity contribution in [3.8, 4) is 0 Å². The first kappa shape index (κ1) is 17.7. The van der Waals surface area contributed by atoms with Gasteiger partial charge in [-0.05, 0) is 31.8 Å². The molecule has 1 saturated heterocycles. The van der Waals surface area contributed by atoms with Gasteiger partial charge < -0.3 is 15.0 Å². The van der Waals surface area contributed by atoms with Crippen LogP contribution in [0.4, 0.5) is 13.2 Å². The third kappa shape index (κ3) is 6.90. The van der Waals surface area contributed by atoms with E-state index in [-0.39, 0.29) is 6.61 Å². The maximum Gasteiger partial charge on any atom is 0.411 e. The first-order valence-electron chi connectivity index (χ1n) is 7.56. The molecule has 1 aliphatic heterocycles. The van der Waals surface area contributed by atoms with E-state index >= 15 is 0 Å². The topological polar surface area (TPSA) is 24.5 Å². The van der Waals surface area contributed by atoms with E-state index in [1.54, 1.807) is 0 Å². The van der Waals surface area contributed by atoms with Crippen molar-refractivity contribution >= 4 is 0 Å². The van der Waals surface area contributed by atoms with Gasteiger partial charge in [0.05, 0.1) is 6.61 Å². The molecule has 1 rings (SSSR count). The van der Waals surface area contributed by atoms with Gasteiger partial charge in [-0.3, -0.25) is 0 Å². The highest BCUT2D eigenvalue weighted by molar-refractivity contribution is 4.84. The van der Waals surface area contributed by atoms with Gasteiger partial charge in [0, 0.05) is 19.1 Å². The Bertz CT molecular complexity index is 261. The molecule has 20 heavy (non-hydrogen) atoms. The van der Waals surface area contributed by atoms with E-state index in [2.05, 4.69) is 28.8 Å². The van der Waals surface area contributed by atoms with Gasteiger partial charge in [-0.2, -0.15) is 13.2 Å². The van der Waals surface area contributed by atoms with Gasteiger partial charge in [-0.25, -0.2) is 0 Å². The van der Waals surface area contributed by atoms with Gasteiger partial charge in [0.1, 0.15) is 6.61 Å². The summed E-state index contributed by atoms with van der Waals surface area (Å²) in [7, 11) is 0. The molecule has 0 amide bonds. The summed E-state index contributed by atoms with van der Waals surface area (Å²) in [5, 5.41) is 3.57. The van der Waals surface area contributed by atoms with Crippen LogP contribution in [0.1, 0.15) is 33.1 Å². The van der Waals surface area contributed by atoms with Crippen LogP contribution in [0.3, 0.4) is 0 Å². The summed E-state index contributed by atoms with van der Waals surface area (Å²) in [4.78, 5) is 2.22. The number of ether oxygens (including phenoxy) is 1. The summed E-state index contributed by atoms with van der Waals surface area (Å²) in [6, 6.07) is 0.548. The van der Waals surface area contributed by atoms with Crippen LogP contribution in [0.25, 0.3) is 0 Å². The van der Waals surface area contributed by atoms with Gasteiger partial charge in [0.25, 0.3) is 0 Å². The first-order chi connectivity index (χ1) is 9.46.